The van der Waals surface area contributed by atoms with Gasteiger partial charge in [-0.3, -0.25) is 0 Å². The molecular weight excluding hydrogens is 196 g/mol. The lowest BCUT2D eigenvalue weighted by atomic mass is 10.3. The van der Waals surface area contributed by atoms with E-state index in [-0.39, 0.29) is 0 Å². The van der Waals surface area contributed by atoms with E-state index in [1.165, 1.54) is 12.1 Å². The monoisotopic (exact) mass is 220 g/mol. The number of rotatable bonds is 7. The summed E-state index contributed by atoms with van der Waals surface area (Å²) in [5.41, 5.74) is 11.4. The highest BCUT2D eigenvalue weighted by Crippen LogP contribution is 2.09. The predicted octanol–water partition coefficient (Wildman–Crippen LogP) is -0.518. The maximum atomic E-state index is 5.70. The largest absolute Gasteiger partial charge is 0.465 e. The van der Waals surface area contributed by atoms with Crippen LogP contribution in [-0.4, -0.2) is 31.6 Å². The summed E-state index contributed by atoms with van der Waals surface area (Å²) in [6.45, 7) is 4.12. The third-order valence-corrected chi connectivity index (χ3v) is 6.84. The molecule has 0 radical (unpaired) electrons. The summed E-state index contributed by atoms with van der Waals surface area (Å²) in [4.78, 5) is 0. The Labute approximate surface area is 86.5 Å². The van der Waals surface area contributed by atoms with Crippen molar-refractivity contribution in [3.63, 3.8) is 0 Å². The van der Waals surface area contributed by atoms with Crippen LogP contribution in [0.1, 0.15) is 26.7 Å². The smallest absolute Gasteiger partial charge is 0.162 e. The molecule has 4 N–H and O–H groups in total. The molecule has 0 heterocycles. The zero-order valence-corrected chi connectivity index (χ0v) is 12.3. The van der Waals surface area contributed by atoms with Gasteiger partial charge in [0.2, 0.25) is 0 Å². The van der Waals surface area contributed by atoms with Crippen LogP contribution in [0, 0.1) is 0 Å². The van der Waals surface area contributed by atoms with Crippen LogP contribution in [0.4, 0.5) is 0 Å². The highest BCUT2D eigenvalue weighted by molar-refractivity contribution is 6.55. The van der Waals surface area contributed by atoms with Crippen LogP contribution in [0.25, 0.3) is 0 Å². The van der Waals surface area contributed by atoms with Gasteiger partial charge in [0.15, 0.2) is 9.04 Å². The number of nitrogens with two attached hydrogens (primary N) is 2. The van der Waals surface area contributed by atoms with Crippen LogP contribution in [-0.2, 0) is 4.12 Å². The molecule has 0 aromatic rings. The highest BCUT2D eigenvalue weighted by atomic mass is 28.3. The minimum atomic E-state index is -0.923. The Morgan fingerprint density at radius 2 is 1.54 bits per heavy atom. The zero-order chi connectivity index (χ0) is 10.3. The minimum absolute atomic E-state index is 0.321. The molecule has 2 unspecified atom stereocenters. The topological polar surface area (TPSA) is 61.3 Å². The lowest BCUT2D eigenvalue weighted by Crippen LogP contribution is -2.24. The molecule has 0 saturated carbocycles. The van der Waals surface area contributed by atoms with Gasteiger partial charge in [-0.05, 0) is 38.8 Å². The van der Waals surface area contributed by atoms with Crippen LogP contribution in [0.3, 0.4) is 0 Å². The molecule has 0 aliphatic heterocycles. The van der Waals surface area contributed by atoms with Crippen molar-refractivity contribution in [2.75, 3.05) is 0 Å². The first kappa shape index (κ1) is 13.3. The van der Waals surface area contributed by atoms with Crippen LogP contribution in [0.5, 0.6) is 0 Å². The molecule has 0 aromatic heterocycles. The van der Waals surface area contributed by atoms with Crippen LogP contribution < -0.4 is 11.5 Å². The number of hydrogen-bond donors (Lipinski definition) is 2. The van der Waals surface area contributed by atoms with E-state index in [1.807, 2.05) is 0 Å². The third-order valence-electron chi connectivity index (χ3n) is 2.22. The summed E-state index contributed by atoms with van der Waals surface area (Å²) in [5.74, 6) is 0. The van der Waals surface area contributed by atoms with Gasteiger partial charge in [0.05, 0.1) is 0 Å². The molecule has 0 rings (SSSR count). The second-order valence-corrected chi connectivity index (χ2v) is 8.25. The number of hydrogen-bond acceptors (Lipinski definition) is 3. The van der Waals surface area contributed by atoms with Crippen molar-refractivity contribution in [1.82, 2.24) is 0 Å². The average Bonchev–Trinajstić information content (AvgIpc) is 2.04. The second-order valence-electron chi connectivity index (χ2n) is 3.97. The Balaban J connectivity index is 3.51. The Hall–Kier alpha value is 0.314. The molecule has 0 saturated heterocycles. The molecule has 0 fully saturated rings. The highest BCUT2D eigenvalue weighted by Gasteiger charge is 2.11. The molecule has 0 bridgehead atoms. The Morgan fingerprint density at radius 1 is 1.15 bits per heavy atom. The molecule has 13 heavy (non-hydrogen) atoms. The van der Waals surface area contributed by atoms with Gasteiger partial charge < -0.3 is 15.6 Å². The van der Waals surface area contributed by atoms with E-state index in [1.54, 1.807) is 0 Å². The van der Waals surface area contributed by atoms with E-state index in [9.17, 15) is 0 Å². The van der Waals surface area contributed by atoms with Gasteiger partial charge in [-0.15, -0.1) is 0 Å². The fourth-order valence-corrected chi connectivity index (χ4v) is 5.25. The summed E-state index contributed by atoms with van der Waals surface area (Å²) in [6.07, 6.45) is 2.22. The van der Waals surface area contributed by atoms with Crippen LogP contribution >= 0.6 is 0 Å². The average molecular weight is 220 g/mol. The van der Waals surface area contributed by atoms with Crippen molar-refractivity contribution in [2.24, 2.45) is 11.5 Å². The SMILES string of the molecule is CC(N)CC[SiH](CCC(C)N)O[SiH3]. The molecular formula is C8H24N2OSi2. The quantitative estimate of drug-likeness (QED) is 0.568. The van der Waals surface area contributed by atoms with E-state index < -0.39 is 9.04 Å². The molecule has 3 nitrogen and oxygen atoms in total. The first-order valence-electron chi connectivity index (χ1n) is 5.10. The van der Waals surface area contributed by atoms with Crippen molar-refractivity contribution in [3.05, 3.63) is 0 Å². The van der Waals surface area contributed by atoms with E-state index >= 15 is 0 Å². The minimum Gasteiger partial charge on any atom is -0.465 e. The molecule has 0 aliphatic rings. The van der Waals surface area contributed by atoms with Crippen molar-refractivity contribution in [1.29, 1.82) is 0 Å². The predicted molar refractivity (Wildman–Crippen MR) is 64.3 cm³/mol. The fraction of sp³-hybridized carbons (Fsp3) is 1.00. The van der Waals surface area contributed by atoms with Crippen LogP contribution in [0.2, 0.25) is 12.1 Å². The summed E-state index contributed by atoms with van der Waals surface area (Å²) in [7, 11) is -0.0510. The van der Waals surface area contributed by atoms with Crippen molar-refractivity contribution in [2.45, 2.75) is 50.9 Å². The van der Waals surface area contributed by atoms with Gasteiger partial charge in [0.1, 0.15) is 10.5 Å². The van der Waals surface area contributed by atoms with E-state index in [0.717, 1.165) is 23.3 Å². The summed E-state index contributed by atoms with van der Waals surface area (Å²) in [6, 6.07) is 3.08. The second kappa shape index (κ2) is 7.69. The molecule has 2 atom stereocenters. The molecule has 5 heteroatoms. The maximum absolute atomic E-state index is 5.70. The maximum Gasteiger partial charge on any atom is 0.162 e. The van der Waals surface area contributed by atoms with Crippen LogP contribution in [0.15, 0.2) is 0 Å². The van der Waals surface area contributed by atoms with Gasteiger partial charge >= 0.3 is 0 Å². The van der Waals surface area contributed by atoms with E-state index in [2.05, 4.69) is 13.8 Å². The first-order chi connectivity index (χ1) is 6.06. The van der Waals surface area contributed by atoms with Gasteiger partial charge in [-0.25, -0.2) is 0 Å². The summed E-state index contributed by atoms with van der Waals surface area (Å²) >= 11 is 0. The normalized spacial score (nSPS) is 18.5. The van der Waals surface area contributed by atoms with Gasteiger partial charge in [0.25, 0.3) is 0 Å². The lowest BCUT2D eigenvalue weighted by molar-refractivity contribution is 0.586. The van der Waals surface area contributed by atoms with Crippen molar-refractivity contribution >= 4 is 19.5 Å². The molecule has 0 aliphatic carbocycles. The fourth-order valence-electron chi connectivity index (χ4n) is 1.28. The van der Waals surface area contributed by atoms with E-state index in [0.29, 0.717) is 12.1 Å². The van der Waals surface area contributed by atoms with Crippen molar-refractivity contribution < 1.29 is 4.12 Å². The lowest BCUT2D eigenvalue weighted by Gasteiger charge is -2.16. The van der Waals surface area contributed by atoms with Gasteiger partial charge in [-0.2, -0.15) is 0 Å². The Kier molecular flexibility index (Phi) is 7.88. The Bertz CT molecular complexity index is 111. The Morgan fingerprint density at radius 3 is 1.77 bits per heavy atom. The molecule has 0 aromatic carbocycles. The molecule has 0 spiro atoms. The van der Waals surface area contributed by atoms with E-state index in [4.69, 9.17) is 15.6 Å². The summed E-state index contributed by atoms with van der Waals surface area (Å²) in [5, 5.41) is 0. The zero-order valence-electron chi connectivity index (χ0n) is 9.12. The molecule has 0 amide bonds. The standard InChI is InChI=1S/C8H24N2OSi2/c1-7(9)3-5-13(11-12)6-4-8(2)10/h7-8,13H,3-6,9-10H2,1-2,12H3. The third kappa shape index (κ3) is 8.64. The van der Waals surface area contributed by atoms with Crippen molar-refractivity contribution in [3.8, 4) is 0 Å². The van der Waals surface area contributed by atoms with Gasteiger partial charge in [0, 0.05) is 12.1 Å². The molecule has 80 valence electrons. The first-order valence-corrected chi connectivity index (χ1v) is 8.02. The summed E-state index contributed by atoms with van der Waals surface area (Å²) < 4.78 is 5.62. The van der Waals surface area contributed by atoms with Gasteiger partial charge in [-0.1, -0.05) is 0 Å².